The van der Waals surface area contributed by atoms with Crippen LogP contribution in [0, 0.1) is 0 Å². The fourth-order valence-electron chi connectivity index (χ4n) is 8.12. The minimum absolute atomic E-state index is 0. The monoisotopic (exact) mass is 1050 g/mol. The SMILES string of the molecule is CCOc1cc(C(=O)NC[C@@H](O)[C@@H](O)[C@@H]2O[C@@](O[C@H]3[C@@H](O)[C@@H](CO)O[C@@H](O[C@H]4[C@H](O)[C@@H](NC(C)=O)[C@H](OCCN=[N+]=[N-])O[C@@H]4CO)[C@@H]3O)(C(=O)[O-])C[C@H](O)[C@H]2NC(C)=O)ccc1OCCOc1ccccc1.[Na+]. The zero-order chi connectivity index (χ0) is 52.7. The van der Waals surface area contributed by atoms with Crippen molar-refractivity contribution in [3.05, 3.63) is 64.5 Å². The summed E-state index contributed by atoms with van der Waals surface area (Å²) in [5.74, 6) is -6.69. The Bertz CT molecular complexity index is 2150. The number of azide groups is 1. The molecule has 0 aromatic heterocycles. The van der Waals surface area contributed by atoms with E-state index in [4.69, 9.17) is 48.2 Å². The number of aliphatic hydroxyl groups excluding tert-OH is 8. The maximum Gasteiger partial charge on any atom is 1.00 e. The molecule has 0 bridgehead atoms. The number of hydrogen-bond acceptors (Lipinski definition) is 23. The van der Waals surface area contributed by atoms with Crippen molar-refractivity contribution in [3.8, 4) is 17.2 Å². The van der Waals surface area contributed by atoms with E-state index in [2.05, 4.69) is 26.0 Å². The van der Waals surface area contributed by atoms with Crippen LogP contribution in [-0.2, 0) is 42.8 Å². The smallest absolute Gasteiger partial charge is 0.544 e. The molecule has 3 fully saturated rings. The number of aliphatic carboxylic acids is 1. The predicted molar refractivity (Wildman–Crippen MR) is 237 cm³/mol. The summed E-state index contributed by atoms with van der Waals surface area (Å²) in [5, 5.41) is 113. The molecule has 16 atom stereocenters. The summed E-state index contributed by atoms with van der Waals surface area (Å²) < 4.78 is 51.3. The van der Waals surface area contributed by atoms with E-state index in [9.17, 15) is 65.1 Å². The van der Waals surface area contributed by atoms with Gasteiger partial charge in [0.1, 0.15) is 85.9 Å². The number of carboxylic acids is 1. The summed E-state index contributed by atoms with van der Waals surface area (Å²) in [6.45, 7) is 1.22. The number of carbonyl (C=O) groups is 4. The van der Waals surface area contributed by atoms with Gasteiger partial charge in [0.15, 0.2) is 24.1 Å². The topological polar surface area (TPSA) is 421 Å². The Labute approximate surface area is 439 Å². The number of nitrogens with zero attached hydrogens (tertiary/aromatic N) is 3. The van der Waals surface area contributed by atoms with Gasteiger partial charge in [-0.15, -0.1) is 0 Å². The Morgan fingerprint density at radius 3 is 2.14 bits per heavy atom. The van der Waals surface area contributed by atoms with Crippen molar-refractivity contribution < 1.29 is 137 Å². The number of carbonyl (C=O) groups excluding carboxylic acids is 4. The van der Waals surface area contributed by atoms with E-state index >= 15 is 0 Å². The van der Waals surface area contributed by atoms with Crippen LogP contribution in [-0.4, -0.2) is 215 Å². The average Bonchev–Trinajstić information content (AvgIpc) is 3.35. The quantitative estimate of drug-likeness (QED) is 0.0145. The number of aliphatic hydroxyl groups is 8. The molecule has 0 saturated carbocycles. The van der Waals surface area contributed by atoms with Crippen LogP contribution in [0.3, 0.4) is 0 Å². The number of ether oxygens (including phenoxy) is 9. The van der Waals surface area contributed by atoms with Crippen LogP contribution in [0.15, 0.2) is 53.6 Å². The molecule has 11 N–H and O–H groups in total. The first kappa shape index (κ1) is 61.0. The average molecular weight is 1050 g/mol. The molecule has 0 spiro atoms. The van der Waals surface area contributed by atoms with Crippen molar-refractivity contribution in [2.75, 3.05) is 52.7 Å². The molecule has 0 aliphatic carbocycles. The van der Waals surface area contributed by atoms with Crippen LogP contribution in [0.1, 0.15) is 37.6 Å². The molecule has 28 nitrogen and oxygen atoms in total. The van der Waals surface area contributed by atoms with Gasteiger partial charge in [-0.2, -0.15) is 0 Å². The van der Waals surface area contributed by atoms with Crippen molar-refractivity contribution >= 4 is 23.7 Å². The Morgan fingerprint density at radius 2 is 1.51 bits per heavy atom. The molecule has 3 saturated heterocycles. The number of para-hydroxylation sites is 1. The fourth-order valence-corrected chi connectivity index (χ4v) is 8.12. The molecule has 73 heavy (non-hydrogen) atoms. The third kappa shape index (κ3) is 16.0. The first-order valence-electron chi connectivity index (χ1n) is 22.7. The van der Waals surface area contributed by atoms with Gasteiger partial charge in [0.2, 0.25) is 17.6 Å². The van der Waals surface area contributed by atoms with Crippen molar-refractivity contribution in [1.29, 1.82) is 0 Å². The molecule has 0 radical (unpaired) electrons. The summed E-state index contributed by atoms with van der Waals surface area (Å²) in [4.78, 5) is 53.5. The van der Waals surface area contributed by atoms with Crippen LogP contribution in [0.25, 0.3) is 10.4 Å². The second kappa shape index (κ2) is 29.0. The van der Waals surface area contributed by atoms with Crippen LogP contribution >= 0.6 is 0 Å². The molecular formula is C44H61N6NaO22. The molecule has 3 heterocycles. The Kier molecular flexibility index (Phi) is 24.2. The van der Waals surface area contributed by atoms with Gasteiger partial charge in [0.05, 0.1) is 44.7 Å². The van der Waals surface area contributed by atoms with Crippen molar-refractivity contribution in [1.82, 2.24) is 16.0 Å². The first-order chi connectivity index (χ1) is 34.4. The Hall–Kier alpha value is -4.53. The van der Waals surface area contributed by atoms with Gasteiger partial charge in [0, 0.05) is 43.8 Å². The Morgan fingerprint density at radius 1 is 0.849 bits per heavy atom. The van der Waals surface area contributed by atoms with Crippen LogP contribution in [0.4, 0.5) is 0 Å². The van der Waals surface area contributed by atoms with Gasteiger partial charge < -0.3 is 109 Å². The molecule has 2 aromatic rings. The molecule has 3 amide bonds. The number of amides is 3. The third-order valence-electron chi connectivity index (χ3n) is 11.5. The van der Waals surface area contributed by atoms with Crippen molar-refractivity contribution in [3.63, 3.8) is 0 Å². The largest absolute Gasteiger partial charge is 1.00 e. The van der Waals surface area contributed by atoms with Gasteiger partial charge >= 0.3 is 29.6 Å². The number of rotatable bonds is 25. The molecule has 5 rings (SSSR count). The third-order valence-corrected chi connectivity index (χ3v) is 11.5. The van der Waals surface area contributed by atoms with Crippen LogP contribution in [0.5, 0.6) is 17.2 Å². The van der Waals surface area contributed by atoms with E-state index in [0.717, 1.165) is 13.8 Å². The van der Waals surface area contributed by atoms with Crippen LogP contribution < -0.4 is 64.8 Å². The summed E-state index contributed by atoms with van der Waals surface area (Å²) in [7, 11) is 0. The van der Waals surface area contributed by atoms with E-state index in [-0.39, 0.29) is 79.6 Å². The Balaban J connectivity index is 0.0000116. The predicted octanol–water partition coefficient (Wildman–Crippen LogP) is -7.78. The fraction of sp³-hybridized carbons (Fsp3) is 0.636. The molecular weight excluding hydrogens is 987 g/mol. The maximum absolute atomic E-state index is 13.3. The summed E-state index contributed by atoms with van der Waals surface area (Å²) in [6, 6.07) is 10.1. The van der Waals surface area contributed by atoms with E-state index in [1.54, 1.807) is 19.1 Å². The van der Waals surface area contributed by atoms with Crippen molar-refractivity contribution in [2.24, 2.45) is 5.11 Å². The van der Waals surface area contributed by atoms with E-state index < -0.39 is 147 Å². The number of benzene rings is 2. The molecule has 3 aliphatic heterocycles. The number of carboxylic acid groups (broad SMARTS) is 1. The van der Waals surface area contributed by atoms with E-state index in [1.807, 2.05) is 18.2 Å². The summed E-state index contributed by atoms with van der Waals surface area (Å²) in [6.07, 6.45) is -26.6. The normalized spacial score (nSPS) is 30.8. The summed E-state index contributed by atoms with van der Waals surface area (Å²) >= 11 is 0. The standard InChI is InChI=1S/C44H62N6O22.Na/c1-4-64-28-16-23(10-11-27(28)66-15-14-65-24-8-6-5-7-9-24)40(61)46-18-26(56)33(57)38-31(48-21(2)53)25(55)17-44(71-38,43(62)63)72-39-34(58)29(19-51)68-42(36(39)60)70-37-30(20-52)69-41(67-13-12-47-50-45)32(35(37)59)49-22(3)54;/h5-11,16,25-26,29-39,41-42,51-52,55-60H,4,12-15,17-20H2,1-3H3,(H,46,61)(H,48,53)(H,49,54)(H,62,63);/q;+1/p-1/t25-,26+,29+,30+,31+,32+,33+,34-,35+,36+,37+,38+,39-,41+,42-,44-;/m0./s1. The van der Waals surface area contributed by atoms with E-state index in [1.165, 1.54) is 18.2 Å². The molecule has 29 heteroatoms. The van der Waals surface area contributed by atoms with Crippen molar-refractivity contribution in [2.45, 2.75) is 125 Å². The van der Waals surface area contributed by atoms with Crippen LogP contribution in [0.2, 0.25) is 0 Å². The molecule has 400 valence electrons. The molecule has 0 unspecified atom stereocenters. The number of nitrogens with one attached hydrogen (secondary N) is 3. The van der Waals surface area contributed by atoms with Gasteiger partial charge in [-0.1, -0.05) is 23.3 Å². The minimum atomic E-state index is -3.26. The second-order valence-electron chi connectivity index (χ2n) is 16.7. The second-order valence-corrected chi connectivity index (χ2v) is 16.7. The zero-order valence-corrected chi connectivity index (χ0v) is 42.3. The van der Waals surface area contributed by atoms with Gasteiger partial charge in [-0.25, -0.2) is 0 Å². The first-order valence-corrected chi connectivity index (χ1v) is 22.7. The minimum Gasteiger partial charge on any atom is -0.544 e. The van der Waals surface area contributed by atoms with Gasteiger partial charge in [0.25, 0.3) is 5.91 Å². The molecule has 3 aliphatic rings. The molecule has 2 aromatic carbocycles. The van der Waals surface area contributed by atoms with E-state index in [0.29, 0.717) is 5.75 Å². The van der Waals surface area contributed by atoms with Gasteiger partial charge in [-0.05, 0) is 42.8 Å². The zero-order valence-electron chi connectivity index (χ0n) is 40.3. The summed E-state index contributed by atoms with van der Waals surface area (Å²) in [5.41, 5.74) is 8.62. The number of hydrogen-bond donors (Lipinski definition) is 11. The maximum atomic E-state index is 13.3. The van der Waals surface area contributed by atoms with Gasteiger partial charge in [-0.3, -0.25) is 14.4 Å².